The zero-order chi connectivity index (χ0) is 13.0. The lowest BCUT2D eigenvalue weighted by Gasteiger charge is -2.22. The van der Waals surface area contributed by atoms with Gasteiger partial charge in [-0.25, -0.2) is 9.38 Å². The summed E-state index contributed by atoms with van der Waals surface area (Å²) < 4.78 is 12.8. The molecular formula is C14H20FN3. The second kappa shape index (κ2) is 5.85. The Labute approximate surface area is 108 Å². The fraction of sp³-hybridized carbons (Fsp3) is 0.500. The van der Waals surface area contributed by atoms with E-state index in [0.29, 0.717) is 12.0 Å². The van der Waals surface area contributed by atoms with E-state index in [4.69, 9.17) is 5.73 Å². The molecule has 0 heterocycles. The number of aliphatic imine (C=N–C) groups is 1. The number of hydrogen-bond donors (Lipinski definition) is 1. The van der Waals surface area contributed by atoms with Gasteiger partial charge in [-0.2, -0.15) is 0 Å². The van der Waals surface area contributed by atoms with Crippen LogP contribution in [0, 0.1) is 5.82 Å². The molecule has 2 rings (SSSR count). The molecule has 1 aromatic rings. The molecule has 98 valence electrons. The zero-order valence-electron chi connectivity index (χ0n) is 10.8. The molecule has 0 saturated heterocycles. The Bertz CT molecular complexity index is 408. The van der Waals surface area contributed by atoms with Crippen LogP contribution < -0.4 is 10.6 Å². The highest BCUT2D eigenvalue weighted by Crippen LogP contribution is 2.21. The van der Waals surface area contributed by atoms with Gasteiger partial charge in [0.25, 0.3) is 0 Å². The van der Waals surface area contributed by atoms with Gasteiger partial charge in [0, 0.05) is 12.7 Å². The first kappa shape index (κ1) is 12.9. The van der Waals surface area contributed by atoms with Crippen LogP contribution in [0.15, 0.2) is 29.3 Å². The number of benzene rings is 1. The van der Waals surface area contributed by atoms with Gasteiger partial charge < -0.3 is 10.6 Å². The van der Waals surface area contributed by atoms with E-state index >= 15 is 0 Å². The number of halogens is 1. The van der Waals surface area contributed by atoms with Gasteiger partial charge in [-0.3, -0.25) is 0 Å². The lowest BCUT2D eigenvalue weighted by molar-refractivity contribution is 0.443. The maximum Gasteiger partial charge on any atom is 0.195 e. The highest BCUT2D eigenvalue weighted by atomic mass is 19.1. The molecule has 0 aliphatic heterocycles. The monoisotopic (exact) mass is 249 g/mol. The summed E-state index contributed by atoms with van der Waals surface area (Å²) in [6.45, 7) is 0. The van der Waals surface area contributed by atoms with Crippen molar-refractivity contribution in [1.29, 1.82) is 0 Å². The van der Waals surface area contributed by atoms with Gasteiger partial charge in [-0.1, -0.05) is 19.3 Å². The van der Waals surface area contributed by atoms with E-state index < -0.39 is 0 Å². The largest absolute Gasteiger partial charge is 0.370 e. The van der Waals surface area contributed by atoms with Crippen LogP contribution in [0.3, 0.4) is 0 Å². The van der Waals surface area contributed by atoms with Crippen molar-refractivity contribution in [2.45, 2.75) is 38.1 Å². The number of guanidine groups is 1. The summed E-state index contributed by atoms with van der Waals surface area (Å²) in [5.74, 6) is 0.267. The number of nitrogens with zero attached hydrogens (tertiary/aromatic N) is 2. The molecule has 3 nitrogen and oxygen atoms in total. The maximum absolute atomic E-state index is 12.8. The highest BCUT2D eigenvalue weighted by molar-refractivity contribution is 5.94. The summed E-state index contributed by atoms with van der Waals surface area (Å²) in [6, 6.07) is 6.62. The van der Waals surface area contributed by atoms with E-state index in [0.717, 1.165) is 18.5 Å². The SMILES string of the molecule is CN(C(N)=NC1CCCCC1)c1ccc(F)cc1. The third-order valence-corrected chi connectivity index (χ3v) is 3.45. The lowest BCUT2D eigenvalue weighted by Crippen LogP contribution is -2.35. The Hall–Kier alpha value is -1.58. The van der Waals surface area contributed by atoms with E-state index in [1.165, 1.54) is 31.4 Å². The highest BCUT2D eigenvalue weighted by Gasteiger charge is 2.14. The normalized spacial score (nSPS) is 17.8. The van der Waals surface area contributed by atoms with E-state index in [1.807, 2.05) is 7.05 Å². The number of anilines is 1. The number of rotatable bonds is 2. The molecule has 0 unspecified atom stereocenters. The molecule has 1 fully saturated rings. The summed E-state index contributed by atoms with van der Waals surface area (Å²) in [7, 11) is 1.86. The molecule has 0 aromatic heterocycles. The van der Waals surface area contributed by atoms with Gasteiger partial charge in [0.15, 0.2) is 5.96 Å². The van der Waals surface area contributed by atoms with Gasteiger partial charge in [-0.15, -0.1) is 0 Å². The van der Waals surface area contributed by atoms with Crippen LogP contribution in [0.5, 0.6) is 0 Å². The average molecular weight is 249 g/mol. The van der Waals surface area contributed by atoms with E-state index in [9.17, 15) is 4.39 Å². The summed E-state index contributed by atoms with van der Waals surface area (Å²) in [6.07, 6.45) is 6.03. The Morgan fingerprint density at radius 1 is 1.22 bits per heavy atom. The van der Waals surface area contributed by atoms with Crippen molar-refractivity contribution >= 4 is 11.6 Å². The van der Waals surface area contributed by atoms with E-state index in [2.05, 4.69) is 4.99 Å². The molecule has 1 aliphatic rings. The molecule has 4 heteroatoms. The molecule has 18 heavy (non-hydrogen) atoms. The van der Waals surface area contributed by atoms with Crippen molar-refractivity contribution in [3.8, 4) is 0 Å². The van der Waals surface area contributed by atoms with Crippen LogP contribution in [0.1, 0.15) is 32.1 Å². The Morgan fingerprint density at radius 2 is 1.83 bits per heavy atom. The quantitative estimate of drug-likeness (QED) is 0.647. The molecular weight excluding hydrogens is 229 g/mol. The van der Waals surface area contributed by atoms with Crippen LogP contribution in [0.2, 0.25) is 0 Å². The molecule has 1 aromatic carbocycles. The maximum atomic E-state index is 12.8. The minimum Gasteiger partial charge on any atom is -0.370 e. The van der Waals surface area contributed by atoms with Crippen molar-refractivity contribution in [2.75, 3.05) is 11.9 Å². The zero-order valence-corrected chi connectivity index (χ0v) is 10.8. The van der Waals surface area contributed by atoms with E-state index in [1.54, 1.807) is 17.0 Å². The summed E-state index contributed by atoms with van der Waals surface area (Å²) in [5, 5.41) is 0. The van der Waals surface area contributed by atoms with Crippen LogP contribution in [0.4, 0.5) is 10.1 Å². The van der Waals surface area contributed by atoms with Crippen molar-refractivity contribution in [1.82, 2.24) is 0 Å². The fourth-order valence-electron chi connectivity index (χ4n) is 2.28. The topological polar surface area (TPSA) is 41.6 Å². The van der Waals surface area contributed by atoms with Crippen molar-refractivity contribution in [3.63, 3.8) is 0 Å². The second-order valence-electron chi connectivity index (χ2n) is 4.81. The summed E-state index contributed by atoms with van der Waals surface area (Å²) in [4.78, 5) is 6.36. The first-order valence-electron chi connectivity index (χ1n) is 6.49. The van der Waals surface area contributed by atoms with Crippen molar-refractivity contribution < 1.29 is 4.39 Å². The minimum absolute atomic E-state index is 0.241. The molecule has 2 N–H and O–H groups in total. The van der Waals surface area contributed by atoms with Crippen LogP contribution in [0.25, 0.3) is 0 Å². The number of hydrogen-bond acceptors (Lipinski definition) is 1. The molecule has 0 spiro atoms. The predicted molar refractivity (Wildman–Crippen MR) is 73.3 cm³/mol. The first-order chi connectivity index (χ1) is 8.66. The molecule has 1 saturated carbocycles. The van der Waals surface area contributed by atoms with Crippen LogP contribution >= 0.6 is 0 Å². The van der Waals surface area contributed by atoms with Gasteiger partial charge >= 0.3 is 0 Å². The predicted octanol–water partition coefficient (Wildman–Crippen LogP) is 2.91. The molecule has 0 atom stereocenters. The minimum atomic E-state index is -0.241. The standard InChI is InChI=1S/C14H20FN3/c1-18(13-9-7-11(15)8-10-13)14(16)17-12-5-3-2-4-6-12/h7-10,12H,2-6H2,1H3,(H2,16,17). The summed E-state index contributed by atoms with van der Waals surface area (Å²) >= 11 is 0. The third kappa shape index (κ3) is 3.22. The first-order valence-corrected chi connectivity index (χ1v) is 6.49. The Kier molecular flexibility index (Phi) is 4.18. The molecule has 0 bridgehead atoms. The van der Waals surface area contributed by atoms with Gasteiger partial charge in [0.05, 0.1) is 6.04 Å². The molecule has 0 amide bonds. The molecule has 0 radical (unpaired) electrons. The Balaban J connectivity index is 2.05. The van der Waals surface area contributed by atoms with Gasteiger partial charge in [0.1, 0.15) is 5.82 Å². The average Bonchev–Trinajstić information content (AvgIpc) is 2.40. The van der Waals surface area contributed by atoms with Crippen molar-refractivity contribution in [2.24, 2.45) is 10.7 Å². The third-order valence-electron chi connectivity index (χ3n) is 3.45. The van der Waals surface area contributed by atoms with Crippen LogP contribution in [-0.4, -0.2) is 19.0 Å². The second-order valence-corrected chi connectivity index (χ2v) is 4.81. The fourth-order valence-corrected chi connectivity index (χ4v) is 2.28. The van der Waals surface area contributed by atoms with Crippen molar-refractivity contribution in [3.05, 3.63) is 30.1 Å². The van der Waals surface area contributed by atoms with E-state index in [-0.39, 0.29) is 5.82 Å². The lowest BCUT2D eigenvalue weighted by atomic mass is 9.96. The summed E-state index contributed by atoms with van der Waals surface area (Å²) in [5.41, 5.74) is 6.86. The van der Waals surface area contributed by atoms with Gasteiger partial charge in [0.2, 0.25) is 0 Å². The smallest absolute Gasteiger partial charge is 0.195 e. The van der Waals surface area contributed by atoms with Crippen LogP contribution in [-0.2, 0) is 0 Å². The molecule has 1 aliphatic carbocycles. The van der Waals surface area contributed by atoms with Gasteiger partial charge in [-0.05, 0) is 37.1 Å². The number of nitrogens with two attached hydrogens (primary N) is 1. The Morgan fingerprint density at radius 3 is 2.44 bits per heavy atom.